The van der Waals surface area contributed by atoms with Gasteiger partial charge in [-0.1, -0.05) is 67.2 Å². The molecule has 4 aliphatic carbocycles. The van der Waals surface area contributed by atoms with Crippen molar-refractivity contribution >= 4 is 0 Å². The molecule has 0 amide bonds. The summed E-state index contributed by atoms with van der Waals surface area (Å²) in [6.45, 7) is 15.6. The van der Waals surface area contributed by atoms with E-state index in [2.05, 4.69) is 41.5 Å². The molecule has 40 heavy (non-hydrogen) atoms. The van der Waals surface area contributed by atoms with Crippen molar-refractivity contribution in [1.82, 2.24) is 0 Å². The second-order valence-corrected chi connectivity index (χ2v) is 15.3. The molecule has 232 valence electrons. The van der Waals surface area contributed by atoms with E-state index >= 15 is 0 Å². The third-order valence-corrected chi connectivity index (χ3v) is 14.1. The highest BCUT2D eigenvalue weighted by molar-refractivity contribution is 5.23. The minimum Gasteiger partial charge on any atom is -0.393 e. The summed E-state index contributed by atoms with van der Waals surface area (Å²) in [7, 11) is 0. The quantitative estimate of drug-likeness (QED) is 0.261. The number of hydrogen-bond donors (Lipinski definition) is 3. The number of rotatable bonds is 9. The molecule has 4 saturated carbocycles. The van der Waals surface area contributed by atoms with Gasteiger partial charge in [0.25, 0.3) is 0 Å². The first-order valence-corrected chi connectivity index (χ1v) is 17.4. The van der Waals surface area contributed by atoms with Gasteiger partial charge in [-0.3, -0.25) is 0 Å². The first-order chi connectivity index (χ1) is 19.1. The Hall–Kier alpha value is -0.200. The van der Waals surface area contributed by atoms with Crippen LogP contribution in [-0.2, 0) is 9.47 Å². The topological polar surface area (TPSA) is 79.2 Å². The number of fused-ring (bicyclic) bond motifs is 5. The van der Waals surface area contributed by atoms with Gasteiger partial charge in [0, 0.05) is 19.6 Å². The zero-order valence-electron chi connectivity index (χ0n) is 26.7. The van der Waals surface area contributed by atoms with Gasteiger partial charge in [0.05, 0.1) is 17.3 Å². The SMILES string of the molecule is CCC1C(CC)C2(O)CC(O)CC[C@]2(C)[C@@H]2CC[C@@]3(C)[C@@H](C(CC)C(CC)C3(O)CCCOC3CCCCO3)[C@H]12. The van der Waals surface area contributed by atoms with E-state index in [1.165, 1.54) is 6.42 Å². The van der Waals surface area contributed by atoms with E-state index in [1.807, 2.05) is 0 Å². The van der Waals surface area contributed by atoms with Crippen LogP contribution < -0.4 is 0 Å². The first-order valence-electron chi connectivity index (χ1n) is 17.4. The van der Waals surface area contributed by atoms with E-state index in [9.17, 15) is 15.3 Å². The number of aliphatic hydroxyl groups excluding tert-OH is 1. The molecule has 0 aromatic carbocycles. The molecule has 0 aromatic heterocycles. The van der Waals surface area contributed by atoms with Gasteiger partial charge < -0.3 is 24.8 Å². The van der Waals surface area contributed by atoms with Gasteiger partial charge in [-0.25, -0.2) is 0 Å². The van der Waals surface area contributed by atoms with E-state index in [0.29, 0.717) is 48.5 Å². The summed E-state index contributed by atoms with van der Waals surface area (Å²) in [6, 6.07) is 0. The monoisotopic (exact) mass is 562 g/mol. The van der Waals surface area contributed by atoms with Crippen LogP contribution in [-0.4, -0.2) is 52.1 Å². The van der Waals surface area contributed by atoms with Crippen LogP contribution in [0.3, 0.4) is 0 Å². The number of aliphatic hydroxyl groups is 3. The van der Waals surface area contributed by atoms with E-state index in [4.69, 9.17) is 9.47 Å². The zero-order valence-corrected chi connectivity index (χ0v) is 26.7. The molecule has 1 heterocycles. The third kappa shape index (κ3) is 4.49. The van der Waals surface area contributed by atoms with Crippen molar-refractivity contribution in [2.24, 2.45) is 52.3 Å². The summed E-state index contributed by atoms with van der Waals surface area (Å²) in [6.07, 6.45) is 13.1. The predicted molar refractivity (Wildman–Crippen MR) is 160 cm³/mol. The summed E-state index contributed by atoms with van der Waals surface area (Å²) in [5.41, 5.74) is -1.78. The fraction of sp³-hybridized carbons (Fsp3) is 1.00. The Labute approximate surface area is 245 Å². The maximum Gasteiger partial charge on any atom is 0.157 e. The van der Waals surface area contributed by atoms with Gasteiger partial charge in [-0.2, -0.15) is 0 Å². The summed E-state index contributed by atoms with van der Waals surface area (Å²) in [4.78, 5) is 0. The Balaban J connectivity index is 1.47. The minimum atomic E-state index is -0.797. The summed E-state index contributed by atoms with van der Waals surface area (Å²) in [5, 5.41) is 36.3. The Bertz CT molecular complexity index is 859. The van der Waals surface area contributed by atoms with Crippen LogP contribution in [0.25, 0.3) is 0 Å². The normalized spacial score (nSPS) is 52.6. The lowest BCUT2D eigenvalue weighted by Gasteiger charge is -2.69. The van der Waals surface area contributed by atoms with Crippen molar-refractivity contribution in [1.29, 1.82) is 0 Å². The zero-order chi connectivity index (χ0) is 28.9. The molecule has 5 nitrogen and oxygen atoms in total. The predicted octanol–water partition coefficient (Wildman–Crippen LogP) is 7.10. The number of hydrogen-bond acceptors (Lipinski definition) is 5. The average molecular weight is 563 g/mol. The maximum absolute atomic E-state index is 12.9. The smallest absolute Gasteiger partial charge is 0.157 e. The van der Waals surface area contributed by atoms with E-state index in [1.54, 1.807) is 0 Å². The van der Waals surface area contributed by atoms with Gasteiger partial charge in [-0.15, -0.1) is 0 Å². The molecular weight excluding hydrogens is 500 g/mol. The first kappa shape index (κ1) is 31.2. The van der Waals surface area contributed by atoms with Crippen molar-refractivity contribution in [2.75, 3.05) is 13.2 Å². The fourth-order valence-corrected chi connectivity index (χ4v) is 12.4. The van der Waals surface area contributed by atoms with Crippen LogP contribution >= 0.6 is 0 Å². The molecule has 3 N–H and O–H groups in total. The van der Waals surface area contributed by atoms with Crippen LogP contribution in [0.5, 0.6) is 0 Å². The molecule has 5 heteroatoms. The minimum absolute atomic E-state index is 0.0665. The fourth-order valence-electron chi connectivity index (χ4n) is 12.4. The molecule has 0 aromatic rings. The van der Waals surface area contributed by atoms with Crippen LogP contribution in [0.4, 0.5) is 0 Å². The second-order valence-electron chi connectivity index (χ2n) is 15.3. The van der Waals surface area contributed by atoms with Crippen LogP contribution in [0.15, 0.2) is 0 Å². The van der Waals surface area contributed by atoms with Gasteiger partial charge >= 0.3 is 0 Å². The Morgan fingerprint density at radius 2 is 1.52 bits per heavy atom. The molecule has 5 rings (SSSR count). The maximum atomic E-state index is 12.9. The molecule has 1 aliphatic heterocycles. The summed E-state index contributed by atoms with van der Waals surface area (Å²) < 4.78 is 11.9. The molecule has 0 radical (unpaired) electrons. The molecule has 8 unspecified atom stereocenters. The number of ether oxygens (including phenoxy) is 2. The van der Waals surface area contributed by atoms with Gasteiger partial charge in [0.2, 0.25) is 0 Å². The lowest BCUT2D eigenvalue weighted by atomic mass is 9.37. The van der Waals surface area contributed by atoms with Gasteiger partial charge in [-0.05, 0) is 110 Å². The van der Waals surface area contributed by atoms with Crippen LogP contribution in [0, 0.1) is 52.3 Å². The molecular formula is C35H62O5. The van der Waals surface area contributed by atoms with Gasteiger partial charge in [0.15, 0.2) is 6.29 Å². The summed E-state index contributed by atoms with van der Waals surface area (Å²) in [5.74, 6) is 2.90. The van der Waals surface area contributed by atoms with Crippen LogP contribution in [0.1, 0.15) is 131 Å². The lowest BCUT2D eigenvalue weighted by molar-refractivity contribution is -0.275. The lowest BCUT2D eigenvalue weighted by Crippen LogP contribution is -2.70. The molecule has 5 aliphatic rings. The van der Waals surface area contributed by atoms with Crippen molar-refractivity contribution in [3.8, 4) is 0 Å². The molecule has 13 atom stereocenters. The van der Waals surface area contributed by atoms with E-state index in [0.717, 1.165) is 83.7 Å². The Morgan fingerprint density at radius 3 is 2.15 bits per heavy atom. The van der Waals surface area contributed by atoms with E-state index in [-0.39, 0.29) is 29.1 Å². The van der Waals surface area contributed by atoms with E-state index < -0.39 is 11.2 Å². The average Bonchev–Trinajstić information content (AvgIpc) is 3.14. The highest BCUT2D eigenvalue weighted by atomic mass is 16.7. The van der Waals surface area contributed by atoms with Crippen molar-refractivity contribution < 1.29 is 24.8 Å². The third-order valence-electron chi connectivity index (χ3n) is 14.1. The molecule has 1 saturated heterocycles. The molecule has 5 fully saturated rings. The standard InChI is InChI=1S/C35H62O5/c1-7-24-26(9-3)35(38)22-23(36)15-18-32(35,5)28-16-19-33(6)31(30(24)28)25(8-2)27(10-4)34(33,37)17-13-21-40-29-14-11-12-20-39-29/h23-31,36-38H,7-22H2,1-6H3/t23?,24?,25?,26?,27?,28-,29?,30-,31+,32-,33+,34?,35?/m1/s1. The molecule has 0 bridgehead atoms. The van der Waals surface area contributed by atoms with Gasteiger partial charge in [0.1, 0.15) is 0 Å². The van der Waals surface area contributed by atoms with Crippen molar-refractivity contribution in [3.05, 3.63) is 0 Å². The van der Waals surface area contributed by atoms with Crippen LogP contribution in [0.2, 0.25) is 0 Å². The largest absolute Gasteiger partial charge is 0.393 e. The van der Waals surface area contributed by atoms with Crippen molar-refractivity contribution in [2.45, 2.75) is 155 Å². The Morgan fingerprint density at radius 1 is 0.825 bits per heavy atom. The van der Waals surface area contributed by atoms with Crippen molar-refractivity contribution in [3.63, 3.8) is 0 Å². The highest BCUT2D eigenvalue weighted by Gasteiger charge is 2.74. The second kappa shape index (κ2) is 11.7. The molecule has 0 spiro atoms. The summed E-state index contributed by atoms with van der Waals surface area (Å²) >= 11 is 0. The highest BCUT2D eigenvalue weighted by Crippen LogP contribution is 2.75. The Kier molecular flexibility index (Phi) is 9.14.